The summed E-state index contributed by atoms with van der Waals surface area (Å²) in [6.07, 6.45) is -1.41. The lowest BCUT2D eigenvalue weighted by Gasteiger charge is -2.53. The van der Waals surface area contributed by atoms with E-state index in [0.29, 0.717) is 25.7 Å². The van der Waals surface area contributed by atoms with Gasteiger partial charge in [-0.15, -0.1) is 0 Å². The number of likely N-dealkylation sites (tertiary alicyclic amines) is 1. The van der Waals surface area contributed by atoms with E-state index in [4.69, 9.17) is 18.9 Å². The summed E-state index contributed by atoms with van der Waals surface area (Å²) in [7, 11) is 2.05. The number of rotatable bonds is 9. The Morgan fingerprint density at radius 1 is 0.468 bits per heavy atom. The lowest BCUT2D eigenvalue weighted by molar-refractivity contribution is -0.275. The van der Waals surface area contributed by atoms with Gasteiger partial charge in [-0.1, -0.05) is 0 Å². The van der Waals surface area contributed by atoms with Crippen LogP contribution >= 0.6 is 0 Å². The van der Waals surface area contributed by atoms with Crippen LogP contribution in [0.2, 0.25) is 0 Å². The van der Waals surface area contributed by atoms with Crippen LogP contribution < -0.4 is 0 Å². The van der Waals surface area contributed by atoms with Gasteiger partial charge in [0.15, 0.2) is 6.29 Å². The number of carbonyl (C=O) groups is 3. The summed E-state index contributed by atoms with van der Waals surface area (Å²) in [6, 6.07) is 2.53. The first-order chi connectivity index (χ1) is 27.9. The molecule has 1 atom stereocenters. The molecule has 4 saturated heterocycles. The predicted molar refractivity (Wildman–Crippen MR) is 232 cm³/mol. The van der Waals surface area contributed by atoms with Crippen LogP contribution in [0.3, 0.4) is 0 Å². The Hall–Kier alpha value is -2.73. The van der Waals surface area contributed by atoms with E-state index in [1.807, 2.05) is 90.1 Å². The number of hydrogen-bond donors (Lipinski definition) is 4. The van der Waals surface area contributed by atoms with Crippen molar-refractivity contribution < 1.29 is 54.1 Å². The average molecular weight is 875 g/mol. The number of aliphatic hydroxyl groups excluding tert-OH is 1. The second-order valence-corrected chi connectivity index (χ2v) is 23.8. The molecular weight excluding hydrogens is 797 g/mol. The highest BCUT2D eigenvalue weighted by molar-refractivity contribution is 6.06. The molecule has 62 heavy (non-hydrogen) atoms. The van der Waals surface area contributed by atoms with E-state index >= 15 is 0 Å². The van der Waals surface area contributed by atoms with Crippen LogP contribution in [0, 0.1) is 0 Å². The molecule has 0 amide bonds. The zero-order valence-corrected chi connectivity index (χ0v) is 40.6. The minimum atomic E-state index is -1.77. The molecule has 1 aromatic rings. The van der Waals surface area contributed by atoms with Crippen molar-refractivity contribution in [3.8, 4) is 0 Å². The summed E-state index contributed by atoms with van der Waals surface area (Å²) in [4.78, 5) is 46.1. The quantitative estimate of drug-likeness (QED) is 0.106. The largest absolute Gasteiger partial charge is 0.459 e. The Kier molecular flexibility index (Phi) is 13.5. The number of aliphatic hydroxyl groups is 1. The molecule has 4 heterocycles. The summed E-state index contributed by atoms with van der Waals surface area (Å²) in [5, 5.41) is 48.9. The first kappa shape index (κ1) is 50.3. The fourth-order valence-corrected chi connectivity index (χ4v) is 11.4. The van der Waals surface area contributed by atoms with Gasteiger partial charge in [-0.3, -0.25) is 4.90 Å². The molecule has 15 heteroatoms. The molecule has 4 aliphatic heterocycles. The molecule has 0 spiro atoms. The normalized spacial score (nSPS) is 27.3. The molecule has 4 fully saturated rings. The number of hydroxylamine groups is 6. The second kappa shape index (κ2) is 16.6. The number of nitrogens with zero attached hydrogens (tertiary/aromatic N) is 4. The van der Waals surface area contributed by atoms with Gasteiger partial charge in [0.2, 0.25) is 0 Å². The summed E-state index contributed by atoms with van der Waals surface area (Å²) in [5.41, 5.74) is -5.93. The van der Waals surface area contributed by atoms with Crippen LogP contribution in [-0.2, 0) is 18.9 Å². The predicted octanol–water partition coefficient (Wildman–Crippen LogP) is 8.05. The van der Waals surface area contributed by atoms with E-state index in [2.05, 4.69) is 32.6 Å². The van der Waals surface area contributed by atoms with Crippen LogP contribution in [-0.4, -0.2) is 135 Å². The SMILES string of the molecule is CN1C(C)(C)CC(OC(=O)c2cc(C(=O)OC3CC(C)(C)N(O)C(C)(C)C3)c(C(=O)OC3CC(C)(C)N(O)C(C)(C)C3)cc2C(O)OC2CC(C)(C)N(O)C(C)(C)C2)CC1(C)C. The maximum Gasteiger partial charge on any atom is 0.339 e. The minimum Gasteiger partial charge on any atom is -0.459 e. The molecular formula is C47H78N4O11. The third-order valence-electron chi connectivity index (χ3n) is 14.3. The molecule has 0 aromatic heterocycles. The maximum atomic E-state index is 14.7. The number of hydrogen-bond acceptors (Lipinski definition) is 15. The highest BCUT2D eigenvalue weighted by Gasteiger charge is 2.50. The van der Waals surface area contributed by atoms with Crippen molar-refractivity contribution in [2.75, 3.05) is 7.05 Å². The molecule has 4 N–H and O–H groups in total. The minimum absolute atomic E-state index is 0.0892. The highest BCUT2D eigenvalue weighted by Crippen LogP contribution is 2.43. The molecule has 0 aliphatic carbocycles. The third kappa shape index (κ3) is 10.2. The molecule has 0 radical (unpaired) electrons. The number of esters is 3. The van der Waals surface area contributed by atoms with Crippen LogP contribution in [0.5, 0.6) is 0 Å². The topological polar surface area (TPSA) is 182 Å². The fraction of sp³-hybridized carbons (Fsp3) is 0.809. The molecule has 1 unspecified atom stereocenters. The van der Waals surface area contributed by atoms with Gasteiger partial charge in [-0.05, 0) is 143 Å². The zero-order valence-electron chi connectivity index (χ0n) is 40.6. The van der Waals surface area contributed by atoms with Gasteiger partial charge in [-0.2, -0.15) is 15.2 Å². The average Bonchev–Trinajstić information content (AvgIpc) is 3.09. The van der Waals surface area contributed by atoms with Gasteiger partial charge in [0.1, 0.15) is 18.3 Å². The van der Waals surface area contributed by atoms with E-state index in [9.17, 15) is 35.1 Å². The lowest BCUT2D eigenvalue weighted by atomic mass is 9.78. The molecule has 352 valence electrons. The van der Waals surface area contributed by atoms with E-state index in [0.717, 1.165) is 0 Å². The van der Waals surface area contributed by atoms with Crippen molar-refractivity contribution in [2.24, 2.45) is 0 Å². The molecule has 1 aromatic carbocycles. The fourth-order valence-electron chi connectivity index (χ4n) is 11.4. The summed E-state index contributed by atoms with van der Waals surface area (Å²) < 4.78 is 25.0. The van der Waals surface area contributed by atoms with Gasteiger partial charge in [-0.25, -0.2) is 14.4 Å². The molecule has 0 saturated carbocycles. The van der Waals surface area contributed by atoms with Gasteiger partial charge in [0.05, 0.1) is 22.8 Å². The van der Waals surface area contributed by atoms with Gasteiger partial charge >= 0.3 is 17.9 Å². The van der Waals surface area contributed by atoms with Crippen LogP contribution in [0.4, 0.5) is 0 Å². The number of carbonyl (C=O) groups excluding carboxylic acids is 3. The molecule has 15 nitrogen and oxygen atoms in total. The summed E-state index contributed by atoms with van der Waals surface area (Å²) in [5.74, 6) is -2.57. The Bertz CT molecular complexity index is 1800. The van der Waals surface area contributed by atoms with Gasteiger partial charge < -0.3 is 39.7 Å². The standard InChI is InChI=1S/C47H78N4O11/c1-40(2)20-28(21-41(3,4)48(40)17)59-36(52)32-18-34(38(54)61-30-24-44(9,10)50(57)45(11,12)25-30)35(39(55)62-31-26-46(13,14)51(58)47(15,16)27-31)19-33(32)37(53)60-29-22-42(5,6)49(56)43(7,8)23-29/h18-19,28-31,37,53,56-58H,20-27H2,1-17H3. The third-order valence-corrected chi connectivity index (χ3v) is 14.3. The molecule has 4 aliphatic rings. The van der Waals surface area contributed by atoms with Crippen molar-refractivity contribution in [3.05, 3.63) is 34.4 Å². The number of ether oxygens (including phenoxy) is 4. The van der Waals surface area contributed by atoms with Crippen LogP contribution in [0.25, 0.3) is 0 Å². The van der Waals surface area contributed by atoms with Crippen molar-refractivity contribution in [1.29, 1.82) is 0 Å². The Morgan fingerprint density at radius 2 is 0.726 bits per heavy atom. The Balaban J connectivity index is 1.62. The van der Waals surface area contributed by atoms with Crippen LogP contribution in [0.15, 0.2) is 12.1 Å². The summed E-state index contributed by atoms with van der Waals surface area (Å²) in [6.45, 7) is 30.6. The maximum absolute atomic E-state index is 14.7. The smallest absolute Gasteiger partial charge is 0.339 e. The number of piperidine rings is 4. The Labute approximate surface area is 369 Å². The first-order valence-corrected chi connectivity index (χ1v) is 22.3. The second-order valence-electron chi connectivity index (χ2n) is 23.8. The van der Waals surface area contributed by atoms with Gasteiger partial charge in [0, 0.05) is 88.4 Å². The van der Waals surface area contributed by atoms with Gasteiger partial charge in [0.25, 0.3) is 0 Å². The molecule has 0 bridgehead atoms. The number of benzene rings is 1. The van der Waals surface area contributed by atoms with Crippen molar-refractivity contribution in [1.82, 2.24) is 20.1 Å². The van der Waals surface area contributed by atoms with E-state index in [-0.39, 0.29) is 59.0 Å². The first-order valence-electron chi connectivity index (χ1n) is 22.3. The summed E-state index contributed by atoms with van der Waals surface area (Å²) >= 11 is 0. The van der Waals surface area contributed by atoms with Crippen molar-refractivity contribution >= 4 is 17.9 Å². The highest BCUT2D eigenvalue weighted by atomic mass is 16.6. The van der Waals surface area contributed by atoms with E-state index in [1.54, 1.807) is 0 Å². The van der Waals surface area contributed by atoms with E-state index < -0.39 is 81.8 Å². The molecule has 5 rings (SSSR count). The van der Waals surface area contributed by atoms with Crippen molar-refractivity contribution in [2.45, 2.75) is 237 Å². The Morgan fingerprint density at radius 3 is 1.05 bits per heavy atom. The van der Waals surface area contributed by atoms with Crippen molar-refractivity contribution in [3.63, 3.8) is 0 Å². The monoisotopic (exact) mass is 875 g/mol. The zero-order chi connectivity index (χ0) is 47.1. The van der Waals surface area contributed by atoms with Crippen LogP contribution in [0.1, 0.15) is 205 Å². The lowest BCUT2D eigenvalue weighted by Crippen LogP contribution is -2.60. The van der Waals surface area contributed by atoms with E-state index in [1.165, 1.54) is 27.3 Å².